The zero-order chi connectivity index (χ0) is 23.0. The van der Waals surface area contributed by atoms with Crippen LogP contribution in [0.2, 0.25) is 0 Å². The van der Waals surface area contributed by atoms with E-state index in [4.69, 9.17) is 14.2 Å². The molecule has 0 heterocycles. The number of aliphatic carboxylic acids is 1. The van der Waals surface area contributed by atoms with E-state index in [1.165, 1.54) is 46.0 Å². The molecule has 0 aromatic carbocycles. The normalized spacial score (nSPS) is 13.9. The summed E-state index contributed by atoms with van der Waals surface area (Å²) in [5.41, 5.74) is 0. The van der Waals surface area contributed by atoms with Gasteiger partial charge in [0.2, 0.25) is 6.10 Å². The number of rotatable bonds is 19. The molecule has 9 nitrogen and oxygen atoms in total. The van der Waals surface area contributed by atoms with Gasteiger partial charge >= 0.3 is 86.1 Å². The van der Waals surface area contributed by atoms with Gasteiger partial charge in [0.05, 0.1) is 6.61 Å². The molecule has 2 atom stereocenters. The molecule has 0 saturated carbocycles. The van der Waals surface area contributed by atoms with Gasteiger partial charge in [-0.05, 0) is 20.3 Å². The summed E-state index contributed by atoms with van der Waals surface area (Å²) in [5, 5.41) is 9.35. The maximum absolute atomic E-state index is 12.6. The SMILES string of the molecule is CCCCCCCCCCCCOC(=O)C(OCC)(C(OCC)C(=O)O)S(=O)(=O)O.[NaH].[NaH]. The third-order valence-corrected chi connectivity index (χ3v) is 5.93. The predicted octanol–water partition coefficient (Wildman–Crippen LogP) is 2.26. The van der Waals surface area contributed by atoms with E-state index in [1.54, 1.807) is 0 Å². The van der Waals surface area contributed by atoms with E-state index in [-0.39, 0.29) is 78.9 Å². The van der Waals surface area contributed by atoms with Gasteiger partial charge in [-0.3, -0.25) is 4.55 Å². The molecule has 0 aliphatic rings. The Morgan fingerprint density at radius 2 is 1.31 bits per heavy atom. The molecule has 2 unspecified atom stereocenters. The number of esters is 1. The summed E-state index contributed by atoms with van der Waals surface area (Å²) < 4.78 is 48.5. The summed E-state index contributed by atoms with van der Waals surface area (Å²) in [6.45, 7) is 4.28. The number of unbranched alkanes of at least 4 members (excludes halogenated alkanes) is 9. The first-order valence-electron chi connectivity index (χ1n) is 10.8. The molecular formula is C20H40Na2O9S. The maximum atomic E-state index is 12.6. The molecule has 12 heteroatoms. The second kappa shape index (κ2) is 21.1. The van der Waals surface area contributed by atoms with Crippen LogP contribution in [-0.2, 0) is 33.9 Å². The Kier molecular flexibility index (Phi) is 24.6. The molecule has 0 spiro atoms. The van der Waals surface area contributed by atoms with Crippen molar-refractivity contribution in [1.82, 2.24) is 0 Å². The molecule has 0 rings (SSSR count). The molecule has 182 valence electrons. The number of carbonyl (C=O) groups is 2. The Morgan fingerprint density at radius 1 is 0.844 bits per heavy atom. The molecule has 0 aromatic heterocycles. The first-order chi connectivity index (χ1) is 14.2. The summed E-state index contributed by atoms with van der Waals surface area (Å²) in [6, 6.07) is 0. The van der Waals surface area contributed by atoms with E-state index in [0.717, 1.165) is 25.7 Å². The van der Waals surface area contributed by atoms with E-state index >= 15 is 0 Å². The fourth-order valence-corrected chi connectivity index (χ4v) is 4.11. The van der Waals surface area contributed by atoms with Gasteiger partial charge in [0.15, 0.2) is 0 Å². The van der Waals surface area contributed by atoms with Gasteiger partial charge in [0.25, 0.3) is 0 Å². The van der Waals surface area contributed by atoms with Crippen LogP contribution in [0.5, 0.6) is 0 Å². The summed E-state index contributed by atoms with van der Waals surface area (Å²) in [7, 11) is -5.32. The fraction of sp³-hybridized carbons (Fsp3) is 0.900. The van der Waals surface area contributed by atoms with Crippen LogP contribution in [0.25, 0.3) is 0 Å². The van der Waals surface area contributed by atoms with E-state index in [9.17, 15) is 27.7 Å². The molecule has 0 aliphatic carbocycles. The first kappa shape index (κ1) is 37.3. The standard InChI is InChI=1S/C20H38O9S.2Na.2H/c1-4-7-8-9-10-11-12-13-14-15-16-28-19(23)20(29-6-3,30(24,25)26)17(18(21)22)27-5-2;;;;/h17H,4-16H2,1-3H3,(H,21,22)(H,24,25,26);;;;. The van der Waals surface area contributed by atoms with Crippen LogP contribution in [-0.4, -0.2) is 120 Å². The molecule has 0 bridgehead atoms. The number of hydrogen-bond donors (Lipinski definition) is 2. The van der Waals surface area contributed by atoms with Gasteiger partial charge in [-0.25, -0.2) is 9.59 Å². The van der Waals surface area contributed by atoms with Gasteiger partial charge in [-0.2, -0.15) is 8.42 Å². The van der Waals surface area contributed by atoms with Gasteiger partial charge in [0.1, 0.15) is 0 Å². The Labute approximate surface area is 237 Å². The summed E-state index contributed by atoms with van der Waals surface area (Å²) in [5.74, 6) is -3.26. The van der Waals surface area contributed by atoms with Gasteiger partial charge in [0, 0.05) is 13.2 Å². The van der Waals surface area contributed by atoms with Crippen LogP contribution in [0.4, 0.5) is 0 Å². The van der Waals surface area contributed by atoms with Crippen molar-refractivity contribution in [3.05, 3.63) is 0 Å². The van der Waals surface area contributed by atoms with Crippen LogP contribution >= 0.6 is 0 Å². The van der Waals surface area contributed by atoms with Crippen molar-refractivity contribution < 1.29 is 41.9 Å². The topological polar surface area (TPSA) is 136 Å². The minimum atomic E-state index is -5.32. The van der Waals surface area contributed by atoms with Crippen LogP contribution in [0.1, 0.15) is 85.0 Å². The Hall–Kier alpha value is 0.770. The third-order valence-electron chi connectivity index (χ3n) is 4.66. The Balaban J connectivity index is -0.00000420. The number of carboxylic acid groups (broad SMARTS) is 1. The number of carbonyl (C=O) groups excluding carboxylic acids is 1. The second-order valence-electron chi connectivity index (χ2n) is 7.07. The summed E-state index contributed by atoms with van der Waals surface area (Å²) >= 11 is 0. The van der Waals surface area contributed by atoms with E-state index in [0.29, 0.717) is 6.42 Å². The van der Waals surface area contributed by atoms with Crippen molar-refractivity contribution in [2.75, 3.05) is 19.8 Å². The van der Waals surface area contributed by atoms with Crippen molar-refractivity contribution >= 4 is 81.2 Å². The zero-order valence-corrected chi connectivity index (χ0v) is 19.2. The molecule has 2 N–H and O–H groups in total. The van der Waals surface area contributed by atoms with Gasteiger partial charge in [-0.1, -0.05) is 64.7 Å². The Bertz CT molecular complexity index is 602. The zero-order valence-electron chi connectivity index (χ0n) is 18.4. The Morgan fingerprint density at radius 3 is 1.69 bits per heavy atom. The fourth-order valence-electron chi connectivity index (χ4n) is 3.14. The average Bonchev–Trinajstić information content (AvgIpc) is 2.67. The van der Waals surface area contributed by atoms with Crippen molar-refractivity contribution in [3.8, 4) is 0 Å². The molecule has 0 saturated heterocycles. The van der Waals surface area contributed by atoms with Crippen molar-refractivity contribution in [1.29, 1.82) is 0 Å². The first-order valence-corrected chi connectivity index (χ1v) is 12.3. The molecular weight excluding hydrogens is 462 g/mol. The minimum absolute atomic E-state index is 0. The molecule has 32 heavy (non-hydrogen) atoms. The quantitative estimate of drug-likeness (QED) is 0.118. The second-order valence-corrected chi connectivity index (χ2v) is 8.62. The van der Waals surface area contributed by atoms with Crippen molar-refractivity contribution in [2.24, 2.45) is 0 Å². The molecule has 0 aromatic rings. The molecule has 0 fully saturated rings. The number of ether oxygens (including phenoxy) is 3. The predicted molar refractivity (Wildman–Crippen MR) is 126 cm³/mol. The van der Waals surface area contributed by atoms with Crippen molar-refractivity contribution in [3.63, 3.8) is 0 Å². The third kappa shape index (κ3) is 13.0. The van der Waals surface area contributed by atoms with E-state index in [1.807, 2.05) is 0 Å². The summed E-state index contributed by atoms with van der Waals surface area (Å²) in [4.78, 5) is 20.9. The monoisotopic (exact) mass is 502 g/mol. The average molecular weight is 503 g/mol. The van der Waals surface area contributed by atoms with E-state index in [2.05, 4.69) is 6.92 Å². The van der Waals surface area contributed by atoms with E-state index < -0.39 is 33.1 Å². The van der Waals surface area contributed by atoms with Crippen molar-refractivity contribution in [2.45, 2.75) is 96.0 Å². The number of hydrogen-bond acceptors (Lipinski definition) is 7. The number of carboxylic acids is 1. The van der Waals surface area contributed by atoms with Gasteiger partial charge < -0.3 is 19.3 Å². The summed E-state index contributed by atoms with van der Waals surface area (Å²) in [6.07, 6.45) is 8.37. The van der Waals surface area contributed by atoms with Crippen LogP contribution in [0, 0.1) is 0 Å². The molecule has 0 radical (unpaired) electrons. The van der Waals surface area contributed by atoms with Gasteiger partial charge in [-0.15, -0.1) is 0 Å². The van der Waals surface area contributed by atoms with Crippen LogP contribution < -0.4 is 0 Å². The van der Waals surface area contributed by atoms with Crippen LogP contribution in [0.3, 0.4) is 0 Å². The molecule has 0 amide bonds. The molecule has 0 aliphatic heterocycles. The van der Waals surface area contributed by atoms with Crippen LogP contribution in [0.15, 0.2) is 0 Å².